The molecule has 0 aliphatic rings. The zero-order valence-electron chi connectivity index (χ0n) is 13.5. The van der Waals surface area contributed by atoms with Crippen LogP contribution in [0.4, 0.5) is 17.2 Å². The second-order valence-electron chi connectivity index (χ2n) is 5.21. The van der Waals surface area contributed by atoms with Crippen molar-refractivity contribution in [2.45, 2.75) is 0 Å². The van der Waals surface area contributed by atoms with Crippen molar-refractivity contribution in [3.8, 4) is 12.1 Å². The number of nitrogens with one attached hydrogen (secondary N) is 2. The van der Waals surface area contributed by atoms with Crippen molar-refractivity contribution in [1.29, 1.82) is 10.5 Å². The van der Waals surface area contributed by atoms with E-state index in [0.717, 1.165) is 5.69 Å². The van der Waals surface area contributed by atoms with E-state index in [0.29, 0.717) is 22.6 Å². The maximum absolute atomic E-state index is 12.2. The number of hydrogen-bond donors (Lipinski definition) is 2. The smallest absolute Gasteiger partial charge is 0.275 e. The summed E-state index contributed by atoms with van der Waals surface area (Å²) >= 11 is 0. The minimum atomic E-state index is -0.454. The molecule has 0 radical (unpaired) electrons. The molecule has 7 heteroatoms. The molecule has 1 heterocycles. The van der Waals surface area contributed by atoms with Crippen molar-refractivity contribution in [1.82, 2.24) is 9.97 Å². The summed E-state index contributed by atoms with van der Waals surface area (Å²) in [6.07, 6.45) is 2.78. The van der Waals surface area contributed by atoms with Gasteiger partial charge in [0.1, 0.15) is 17.6 Å². The van der Waals surface area contributed by atoms with Crippen LogP contribution in [-0.2, 0) is 0 Å². The molecule has 0 atom stereocenters. The van der Waals surface area contributed by atoms with Crippen LogP contribution < -0.4 is 10.6 Å². The van der Waals surface area contributed by atoms with E-state index in [1.54, 1.807) is 48.5 Å². The highest BCUT2D eigenvalue weighted by molar-refractivity contribution is 6.03. The highest BCUT2D eigenvalue weighted by Crippen LogP contribution is 2.16. The number of anilines is 3. The molecule has 1 aromatic heterocycles. The standard InChI is InChI=1S/C19H12N6O/c20-9-13-5-7-15(8-6-13)24-18-12-22-17(11-23-18)19(26)25-16-4-2-1-3-14(16)10-21/h1-8,11-12H,(H,23,24)(H,25,26). The largest absolute Gasteiger partial charge is 0.339 e. The summed E-state index contributed by atoms with van der Waals surface area (Å²) in [6, 6.07) is 17.6. The molecule has 0 aliphatic carbocycles. The van der Waals surface area contributed by atoms with Gasteiger partial charge in [-0.2, -0.15) is 10.5 Å². The third kappa shape index (κ3) is 3.81. The van der Waals surface area contributed by atoms with Crippen LogP contribution in [0.3, 0.4) is 0 Å². The van der Waals surface area contributed by atoms with Crippen LogP contribution >= 0.6 is 0 Å². The van der Waals surface area contributed by atoms with Crippen molar-refractivity contribution >= 4 is 23.1 Å². The van der Waals surface area contributed by atoms with Crippen molar-refractivity contribution in [2.75, 3.05) is 10.6 Å². The summed E-state index contributed by atoms with van der Waals surface area (Å²) in [7, 11) is 0. The molecular weight excluding hydrogens is 328 g/mol. The van der Waals surface area contributed by atoms with Crippen molar-refractivity contribution in [3.05, 3.63) is 77.7 Å². The molecule has 3 rings (SSSR count). The number of carbonyl (C=O) groups excluding carboxylic acids is 1. The first-order chi connectivity index (χ1) is 12.7. The number of para-hydroxylation sites is 1. The Hall–Kier alpha value is -4.23. The van der Waals surface area contributed by atoms with Crippen LogP contribution in [-0.4, -0.2) is 15.9 Å². The molecule has 0 unspecified atom stereocenters. The van der Waals surface area contributed by atoms with Crippen LogP contribution in [0, 0.1) is 22.7 Å². The van der Waals surface area contributed by atoms with Gasteiger partial charge in [-0.25, -0.2) is 9.97 Å². The monoisotopic (exact) mass is 340 g/mol. The SMILES string of the molecule is N#Cc1ccc(Nc2cnc(C(=O)Nc3ccccc3C#N)cn2)cc1. The summed E-state index contributed by atoms with van der Waals surface area (Å²) < 4.78 is 0. The predicted molar refractivity (Wildman–Crippen MR) is 95.6 cm³/mol. The fourth-order valence-corrected chi connectivity index (χ4v) is 2.16. The van der Waals surface area contributed by atoms with E-state index in [2.05, 4.69) is 20.6 Å². The number of carbonyl (C=O) groups is 1. The van der Waals surface area contributed by atoms with E-state index in [4.69, 9.17) is 10.5 Å². The fraction of sp³-hybridized carbons (Fsp3) is 0. The minimum Gasteiger partial charge on any atom is -0.339 e. The average Bonchev–Trinajstić information content (AvgIpc) is 2.69. The van der Waals surface area contributed by atoms with E-state index in [1.165, 1.54) is 12.4 Å². The Morgan fingerprint density at radius 3 is 2.35 bits per heavy atom. The van der Waals surface area contributed by atoms with Gasteiger partial charge in [0.2, 0.25) is 0 Å². The van der Waals surface area contributed by atoms with Crippen LogP contribution in [0.1, 0.15) is 21.6 Å². The first-order valence-electron chi connectivity index (χ1n) is 7.59. The van der Waals surface area contributed by atoms with Crippen LogP contribution in [0.2, 0.25) is 0 Å². The molecule has 26 heavy (non-hydrogen) atoms. The van der Waals surface area contributed by atoms with E-state index in [9.17, 15) is 4.79 Å². The van der Waals surface area contributed by atoms with Crippen LogP contribution in [0.15, 0.2) is 60.9 Å². The van der Waals surface area contributed by atoms with Gasteiger partial charge in [-0.05, 0) is 36.4 Å². The number of nitriles is 2. The number of aromatic nitrogens is 2. The molecule has 124 valence electrons. The third-order valence-electron chi connectivity index (χ3n) is 3.47. The molecule has 7 nitrogen and oxygen atoms in total. The highest BCUT2D eigenvalue weighted by atomic mass is 16.1. The Morgan fingerprint density at radius 2 is 1.69 bits per heavy atom. The lowest BCUT2D eigenvalue weighted by Crippen LogP contribution is -2.15. The maximum atomic E-state index is 12.2. The first-order valence-corrected chi connectivity index (χ1v) is 7.59. The summed E-state index contributed by atoms with van der Waals surface area (Å²) in [4.78, 5) is 20.5. The van der Waals surface area contributed by atoms with Gasteiger partial charge in [-0.3, -0.25) is 4.79 Å². The molecule has 0 fully saturated rings. The van der Waals surface area contributed by atoms with Crippen molar-refractivity contribution in [3.63, 3.8) is 0 Å². The average molecular weight is 340 g/mol. The van der Waals surface area contributed by atoms with E-state index in [-0.39, 0.29) is 5.69 Å². The Bertz CT molecular complexity index is 1010. The molecule has 2 N–H and O–H groups in total. The Balaban J connectivity index is 1.69. The molecule has 0 saturated heterocycles. The van der Waals surface area contributed by atoms with E-state index < -0.39 is 5.91 Å². The lowest BCUT2D eigenvalue weighted by Gasteiger charge is -2.08. The Kier molecular flexibility index (Phi) is 4.83. The lowest BCUT2D eigenvalue weighted by atomic mass is 10.2. The molecule has 0 bridgehead atoms. The second kappa shape index (κ2) is 7.56. The molecule has 2 aromatic carbocycles. The first kappa shape index (κ1) is 16.6. The maximum Gasteiger partial charge on any atom is 0.275 e. The van der Waals surface area contributed by atoms with Gasteiger partial charge in [-0.1, -0.05) is 12.1 Å². The Morgan fingerprint density at radius 1 is 0.923 bits per heavy atom. The molecular formula is C19H12N6O. The summed E-state index contributed by atoms with van der Waals surface area (Å²) in [5, 5.41) is 23.5. The van der Waals surface area contributed by atoms with E-state index in [1.807, 2.05) is 12.1 Å². The van der Waals surface area contributed by atoms with Gasteiger partial charge in [0, 0.05) is 5.69 Å². The quantitative estimate of drug-likeness (QED) is 0.753. The molecule has 3 aromatic rings. The number of benzene rings is 2. The van der Waals surface area contributed by atoms with Gasteiger partial charge < -0.3 is 10.6 Å². The zero-order valence-corrected chi connectivity index (χ0v) is 13.5. The lowest BCUT2D eigenvalue weighted by molar-refractivity contribution is 0.102. The summed E-state index contributed by atoms with van der Waals surface area (Å²) in [5.74, 6) is 0.00815. The normalized spacial score (nSPS) is 9.62. The minimum absolute atomic E-state index is 0.128. The number of nitrogens with zero attached hydrogens (tertiary/aromatic N) is 4. The van der Waals surface area contributed by atoms with Gasteiger partial charge >= 0.3 is 0 Å². The van der Waals surface area contributed by atoms with Gasteiger partial charge in [0.25, 0.3) is 5.91 Å². The van der Waals surface area contributed by atoms with Crippen molar-refractivity contribution < 1.29 is 4.79 Å². The number of amides is 1. The van der Waals surface area contributed by atoms with Crippen LogP contribution in [0.25, 0.3) is 0 Å². The Labute approximate surface area is 149 Å². The number of hydrogen-bond acceptors (Lipinski definition) is 6. The second-order valence-corrected chi connectivity index (χ2v) is 5.21. The van der Waals surface area contributed by atoms with Gasteiger partial charge in [0.05, 0.1) is 35.3 Å². The molecule has 0 saturated carbocycles. The predicted octanol–water partition coefficient (Wildman–Crippen LogP) is 3.22. The number of rotatable bonds is 4. The van der Waals surface area contributed by atoms with E-state index >= 15 is 0 Å². The fourth-order valence-electron chi connectivity index (χ4n) is 2.16. The van der Waals surface area contributed by atoms with Gasteiger partial charge in [-0.15, -0.1) is 0 Å². The highest BCUT2D eigenvalue weighted by Gasteiger charge is 2.11. The van der Waals surface area contributed by atoms with Gasteiger partial charge in [0.15, 0.2) is 0 Å². The summed E-state index contributed by atoms with van der Waals surface area (Å²) in [5.41, 5.74) is 2.22. The van der Waals surface area contributed by atoms with Crippen molar-refractivity contribution in [2.24, 2.45) is 0 Å². The zero-order chi connectivity index (χ0) is 18.4. The van der Waals surface area contributed by atoms with Crippen LogP contribution in [0.5, 0.6) is 0 Å². The molecule has 0 spiro atoms. The summed E-state index contributed by atoms with van der Waals surface area (Å²) in [6.45, 7) is 0. The molecule has 1 amide bonds. The topological polar surface area (TPSA) is 114 Å². The third-order valence-corrected chi connectivity index (χ3v) is 3.47. The molecule has 0 aliphatic heterocycles.